The Morgan fingerprint density at radius 1 is 1.47 bits per heavy atom. The van der Waals surface area contributed by atoms with Gasteiger partial charge in [-0.1, -0.05) is 11.6 Å². The number of halogens is 1. The number of hydrogen-bond acceptors (Lipinski definition) is 4. The Morgan fingerprint density at radius 2 is 2.07 bits per heavy atom. The number of carboxylic acids is 1. The van der Waals surface area contributed by atoms with E-state index < -0.39 is 5.97 Å². The van der Waals surface area contributed by atoms with Gasteiger partial charge in [0.05, 0.1) is 0 Å². The van der Waals surface area contributed by atoms with Crippen LogP contribution in [0, 0.1) is 0 Å². The van der Waals surface area contributed by atoms with Crippen molar-refractivity contribution in [2.45, 2.75) is 18.8 Å². The van der Waals surface area contributed by atoms with Crippen molar-refractivity contribution in [3.8, 4) is 0 Å². The van der Waals surface area contributed by atoms with Gasteiger partial charge in [-0.15, -0.1) is 0 Å². The van der Waals surface area contributed by atoms with Gasteiger partial charge in [0.2, 0.25) is 0 Å². The maximum absolute atomic E-state index is 10.7. The van der Waals surface area contributed by atoms with Gasteiger partial charge in [-0.3, -0.25) is 0 Å². The summed E-state index contributed by atoms with van der Waals surface area (Å²) >= 11 is 5.65. The molecule has 1 aromatic heterocycles. The molecule has 76 valence electrons. The zero-order valence-corrected chi connectivity index (χ0v) is 7.95. The van der Waals surface area contributed by atoms with Gasteiger partial charge in [0, 0.05) is 5.92 Å². The average molecular weight is 238 g/mol. The Morgan fingerprint density at radius 3 is 2.53 bits per heavy atom. The van der Waals surface area contributed by atoms with Crippen molar-refractivity contribution in [2.24, 2.45) is 0 Å². The second kappa shape index (κ2) is 4.65. The number of aromatic carboxylic acids is 1. The van der Waals surface area contributed by atoms with Crippen LogP contribution in [0.5, 0.6) is 0 Å². The summed E-state index contributed by atoms with van der Waals surface area (Å²) in [5, 5.41) is 8.70. The Labute approximate surface area is 113 Å². The second-order valence-electron chi connectivity index (χ2n) is 3.21. The summed E-state index contributed by atoms with van der Waals surface area (Å²) in [5.41, 5.74) is 5.27. The molecule has 1 aliphatic carbocycles. The molecule has 2 rings (SSSR count). The summed E-state index contributed by atoms with van der Waals surface area (Å²) in [7, 11) is 0. The van der Waals surface area contributed by atoms with Gasteiger partial charge in [-0.25, -0.2) is 14.8 Å². The van der Waals surface area contributed by atoms with Crippen LogP contribution in [0.15, 0.2) is 0 Å². The molecule has 7 heteroatoms. The molecule has 1 saturated carbocycles. The third kappa shape index (κ3) is 2.60. The number of nitrogens with zero attached hydrogens (tertiary/aromatic N) is 2. The fourth-order valence-corrected chi connectivity index (χ4v) is 1.31. The minimum absolute atomic E-state index is 0. The van der Waals surface area contributed by atoms with E-state index in [0.717, 1.165) is 12.8 Å². The normalized spacial score (nSPS) is 14.5. The Bertz CT molecular complexity index is 409. The predicted octanol–water partition coefficient (Wildman–Crippen LogP) is 0.639. The van der Waals surface area contributed by atoms with Crippen molar-refractivity contribution in [1.82, 2.24) is 9.97 Å². The third-order valence-corrected chi connectivity index (χ3v) is 2.41. The molecule has 1 heterocycles. The number of hydrogen-bond donors (Lipinski definition) is 2. The van der Waals surface area contributed by atoms with E-state index in [4.69, 9.17) is 22.4 Å². The number of anilines is 1. The zero-order chi connectivity index (χ0) is 10.3. The fraction of sp³-hybridized carbons (Fsp3) is 0.375. The Hall–Kier alpha value is -0.360. The van der Waals surface area contributed by atoms with Crippen molar-refractivity contribution in [3.05, 3.63) is 16.5 Å². The minimum atomic E-state index is -1.17. The van der Waals surface area contributed by atoms with Crippen LogP contribution >= 0.6 is 11.6 Å². The summed E-state index contributed by atoms with van der Waals surface area (Å²) in [4.78, 5) is 18.6. The summed E-state index contributed by atoms with van der Waals surface area (Å²) < 4.78 is 0. The molecule has 0 amide bonds. The molecule has 0 saturated heterocycles. The molecular formula is C8H9ClN3NaO2. The number of carboxylic acid groups (broad SMARTS) is 1. The van der Waals surface area contributed by atoms with Gasteiger partial charge in [-0.05, 0) is 12.8 Å². The first kappa shape index (κ1) is 12.7. The van der Waals surface area contributed by atoms with Crippen molar-refractivity contribution < 1.29 is 9.90 Å². The van der Waals surface area contributed by atoms with Crippen molar-refractivity contribution in [2.75, 3.05) is 5.73 Å². The van der Waals surface area contributed by atoms with Gasteiger partial charge in [0.25, 0.3) is 0 Å². The molecule has 0 aromatic carbocycles. The molecule has 1 fully saturated rings. The molecule has 1 aromatic rings. The van der Waals surface area contributed by atoms with E-state index in [0.29, 0.717) is 5.82 Å². The van der Waals surface area contributed by atoms with Crippen LogP contribution in [0.2, 0.25) is 5.02 Å². The van der Waals surface area contributed by atoms with Crippen molar-refractivity contribution in [3.63, 3.8) is 0 Å². The van der Waals surface area contributed by atoms with Crippen LogP contribution in [0.25, 0.3) is 0 Å². The Kier molecular flexibility index (Phi) is 3.94. The van der Waals surface area contributed by atoms with Gasteiger partial charge >= 0.3 is 35.5 Å². The molecule has 15 heavy (non-hydrogen) atoms. The molecule has 0 aliphatic heterocycles. The summed E-state index contributed by atoms with van der Waals surface area (Å²) in [6.45, 7) is 0. The Balaban J connectivity index is 0.00000112. The van der Waals surface area contributed by atoms with E-state index in [2.05, 4.69) is 9.97 Å². The fourth-order valence-electron chi connectivity index (χ4n) is 1.15. The molecule has 0 bridgehead atoms. The van der Waals surface area contributed by atoms with E-state index in [9.17, 15) is 4.79 Å². The molecule has 0 radical (unpaired) electrons. The number of rotatable bonds is 2. The van der Waals surface area contributed by atoms with E-state index in [1.54, 1.807) is 0 Å². The van der Waals surface area contributed by atoms with Crippen molar-refractivity contribution in [1.29, 1.82) is 0 Å². The molecule has 0 atom stereocenters. The van der Waals surface area contributed by atoms with Crippen molar-refractivity contribution >= 4 is 52.9 Å². The van der Waals surface area contributed by atoms with E-state index in [1.807, 2.05) is 0 Å². The number of carbonyl (C=O) groups is 1. The third-order valence-electron chi connectivity index (χ3n) is 2.04. The first-order valence-electron chi connectivity index (χ1n) is 4.15. The van der Waals surface area contributed by atoms with E-state index >= 15 is 0 Å². The van der Waals surface area contributed by atoms with Gasteiger partial charge in [-0.2, -0.15) is 0 Å². The van der Waals surface area contributed by atoms with Crippen LogP contribution < -0.4 is 5.73 Å². The average Bonchev–Trinajstić information content (AvgIpc) is 2.91. The zero-order valence-electron chi connectivity index (χ0n) is 7.20. The SMILES string of the molecule is Nc1nc(C2CC2)nc(C(=O)O)c1Cl.[NaH]. The number of nitrogen functional groups attached to an aromatic ring is 1. The molecular weight excluding hydrogens is 229 g/mol. The summed E-state index contributed by atoms with van der Waals surface area (Å²) in [6.07, 6.45) is 1.97. The second-order valence-corrected chi connectivity index (χ2v) is 3.59. The van der Waals surface area contributed by atoms with Crippen LogP contribution in [0.1, 0.15) is 35.1 Å². The topological polar surface area (TPSA) is 89.1 Å². The maximum atomic E-state index is 10.7. The van der Waals surface area contributed by atoms with Crippen LogP contribution in [-0.2, 0) is 0 Å². The predicted molar refractivity (Wildman–Crippen MR) is 57.5 cm³/mol. The molecule has 1 aliphatic rings. The van der Waals surface area contributed by atoms with Crippen LogP contribution in [0.3, 0.4) is 0 Å². The standard InChI is InChI=1S/C8H8ClN3O2.Na.H/c9-4-5(8(13)14)11-7(3-1-2-3)12-6(4)10;;/h3H,1-2H2,(H,13,14)(H2,10,11,12);;. The number of nitrogens with two attached hydrogens (primary N) is 1. The molecule has 3 N–H and O–H groups in total. The van der Waals surface area contributed by atoms with E-state index in [-0.39, 0.29) is 52.0 Å². The molecule has 0 spiro atoms. The summed E-state index contributed by atoms with van der Waals surface area (Å²) in [6, 6.07) is 0. The molecule has 5 nitrogen and oxygen atoms in total. The number of aromatic nitrogens is 2. The van der Waals surface area contributed by atoms with Gasteiger partial charge in [0.1, 0.15) is 16.7 Å². The quantitative estimate of drug-likeness (QED) is 0.737. The first-order valence-corrected chi connectivity index (χ1v) is 4.53. The van der Waals surface area contributed by atoms with Crippen LogP contribution in [0.4, 0.5) is 5.82 Å². The van der Waals surface area contributed by atoms with Gasteiger partial charge in [0.15, 0.2) is 5.69 Å². The summed E-state index contributed by atoms with van der Waals surface area (Å²) in [5.74, 6) is -0.385. The van der Waals surface area contributed by atoms with Gasteiger partial charge < -0.3 is 10.8 Å². The first-order chi connectivity index (χ1) is 6.59. The molecule has 0 unspecified atom stereocenters. The van der Waals surface area contributed by atoms with E-state index in [1.165, 1.54) is 0 Å². The van der Waals surface area contributed by atoms with Crippen LogP contribution in [-0.4, -0.2) is 50.6 Å². The monoisotopic (exact) mass is 237 g/mol.